The first-order chi connectivity index (χ1) is 4.33. The molecule has 0 saturated heterocycles. The molecule has 0 N–H and O–H groups in total. The Morgan fingerprint density at radius 3 is 1.70 bits per heavy atom. The minimum absolute atomic E-state index is 0.483. The Balaban J connectivity index is 3.68. The van der Waals surface area contributed by atoms with E-state index in [-0.39, 0.29) is 0 Å². The average molecular weight is 141 g/mol. The van der Waals surface area contributed by atoms with Gasteiger partial charge in [0, 0.05) is 0 Å². The molecule has 0 saturated carbocycles. The van der Waals surface area contributed by atoms with Crippen molar-refractivity contribution in [2.75, 3.05) is 0 Å². The largest absolute Gasteiger partial charge is 0.0620 e. The minimum atomic E-state index is 0.483. The van der Waals surface area contributed by atoms with Gasteiger partial charge in [0.15, 0.2) is 0 Å². The van der Waals surface area contributed by atoms with Crippen LogP contribution in [0.4, 0.5) is 0 Å². The second-order valence-corrected chi connectivity index (χ2v) is 4.74. The van der Waals surface area contributed by atoms with Gasteiger partial charge in [0.25, 0.3) is 0 Å². The first kappa shape index (κ1) is 10.0. The molecule has 0 heterocycles. The highest BCUT2D eigenvalue weighted by atomic mass is 14.2. The molecule has 10 heavy (non-hydrogen) atoms. The van der Waals surface area contributed by atoms with Crippen molar-refractivity contribution in [1.29, 1.82) is 0 Å². The number of rotatable bonds is 2. The maximum atomic E-state index is 2.31. The molecule has 0 rings (SSSR count). The van der Waals surface area contributed by atoms with Crippen LogP contribution in [-0.4, -0.2) is 0 Å². The molecule has 0 aliphatic carbocycles. The smallest absolute Gasteiger partial charge is 0.0275 e. The minimum Gasteiger partial charge on any atom is -0.0620 e. The van der Waals surface area contributed by atoms with Crippen LogP contribution in [0.25, 0.3) is 0 Å². The van der Waals surface area contributed by atoms with Gasteiger partial charge < -0.3 is 0 Å². The second kappa shape index (κ2) is 3.41. The molecule has 0 bridgehead atoms. The lowest BCUT2D eigenvalue weighted by atomic mass is 9.81. The molecule has 0 aromatic rings. The molecule has 0 fully saturated rings. The normalized spacial score (nSPS) is 15.9. The molecular formula is C10H21. The van der Waals surface area contributed by atoms with E-state index in [1.165, 1.54) is 6.42 Å². The lowest BCUT2D eigenvalue weighted by molar-refractivity contribution is 0.314. The molecule has 0 aromatic carbocycles. The summed E-state index contributed by atoms with van der Waals surface area (Å²) in [5, 5.41) is 0. The second-order valence-electron chi connectivity index (χ2n) is 4.74. The Morgan fingerprint density at radius 1 is 1.20 bits per heavy atom. The van der Waals surface area contributed by atoms with Crippen molar-refractivity contribution in [2.24, 2.45) is 11.3 Å². The van der Waals surface area contributed by atoms with Crippen molar-refractivity contribution in [3.8, 4) is 0 Å². The van der Waals surface area contributed by atoms with Crippen LogP contribution in [0.2, 0.25) is 0 Å². The van der Waals surface area contributed by atoms with Gasteiger partial charge in [-0.2, -0.15) is 0 Å². The summed E-state index contributed by atoms with van der Waals surface area (Å²) in [7, 11) is 0. The zero-order valence-electron chi connectivity index (χ0n) is 8.28. The molecular weight excluding hydrogens is 120 g/mol. The van der Waals surface area contributed by atoms with Gasteiger partial charge in [-0.15, -0.1) is 0 Å². The molecule has 61 valence electrons. The molecule has 0 heteroatoms. The molecule has 1 unspecified atom stereocenters. The topological polar surface area (TPSA) is 0 Å². The van der Waals surface area contributed by atoms with Crippen molar-refractivity contribution >= 4 is 0 Å². The molecule has 0 aliphatic heterocycles. The summed E-state index contributed by atoms with van der Waals surface area (Å²) in [6, 6.07) is 0. The summed E-state index contributed by atoms with van der Waals surface area (Å²) in [4.78, 5) is 0. The predicted molar refractivity (Wildman–Crippen MR) is 47.8 cm³/mol. The van der Waals surface area contributed by atoms with Gasteiger partial charge in [0.05, 0.1) is 0 Å². The van der Waals surface area contributed by atoms with Crippen molar-refractivity contribution in [1.82, 2.24) is 0 Å². The number of hydrogen-bond acceptors (Lipinski definition) is 0. The van der Waals surface area contributed by atoms with E-state index in [2.05, 4.69) is 41.5 Å². The first-order valence-electron chi connectivity index (χ1n) is 4.13. The van der Waals surface area contributed by atoms with Gasteiger partial charge in [-0.05, 0) is 23.7 Å². The third-order valence-electron chi connectivity index (χ3n) is 1.90. The zero-order valence-corrected chi connectivity index (χ0v) is 8.28. The van der Waals surface area contributed by atoms with Crippen LogP contribution < -0.4 is 0 Å². The highest BCUT2D eigenvalue weighted by Crippen LogP contribution is 2.28. The summed E-state index contributed by atoms with van der Waals surface area (Å²) < 4.78 is 0. The monoisotopic (exact) mass is 141 g/mol. The molecule has 1 radical (unpaired) electrons. The Labute approximate surface area is 66.0 Å². The van der Waals surface area contributed by atoms with Gasteiger partial charge in [-0.25, -0.2) is 0 Å². The molecule has 0 nitrogen and oxygen atoms in total. The van der Waals surface area contributed by atoms with Crippen LogP contribution in [0.1, 0.15) is 48.0 Å². The van der Waals surface area contributed by atoms with Crippen LogP contribution in [0, 0.1) is 17.3 Å². The lowest BCUT2D eigenvalue weighted by Crippen LogP contribution is -2.13. The Hall–Kier alpha value is 0. The molecule has 0 aliphatic rings. The van der Waals surface area contributed by atoms with E-state index in [4.69, 9.17) is 0 Å². The highest BCUT2D eigenvalue weighted by Gasteiger charge is 2.17. The number of hydrogen-bond donors (Lipinski definition) is 0. The SMILES string of the molecule is C[C](C)C(C)CC(C)(C)C. The summed E-state index contributed by atoms with van der Waals surface area (Å²) in [5.74, 6) is 2.33. The Bertz CT molecular complexity index is 84.7. The van der Waals surface area contributed by atoms with Gasteiger partial charge in [-0.1, -0.05) is 41.5 Å². The maximum absolute atomic E-state index is 2.31. The van der Waals surface area contributed by atoms with Crippen LogP contribution in [0.15, 0.2) is 0 Å². The highest BCUT2D eigenvalue weighted by molar-refractivity contribution is 4.86. The van der Waals surface area contributed by atoms with E-state index < -0.39 is 0 Å². The van der Waals surface area contributed by atoms with E-state index in [9.17, 15) is 0 Å². The molecule has 0 spiro atoms. The van der Waals surface area contributed by atoms with E-state index in [1.807, 2.05) is 0 Å². The Kier molecular flexibility index (Phi) is 3.41. The van der Waals surface area contributed by atoms with Crippen LogP contribution in [0.5, 0.6) is 0 Å². The average Bonchev–Trinajstić information content (AvgIpc) is 1.60. The van der Waals surface area contributed by atoms with E-state index in [1.54, 1.807) is 5.92 Å². The van der Waals surface area contributed by atoms with Crippen LogP contribution in [0.3, 0.4) is 0 Å². The fraction of sp³-hybridized carbons (Fsp3) is 0.900. The standard InChI is InChI=1S/C10H21/c1-8(2)9(3)7-10(4,5)6/h9H,7H2,1-6H3. The summed E-state index contributed by atoms with van der Waals surface area (Å²) in [6.07, 6.45) is 1.30. The molecule has 1 atom stereocenters. The summed E-state index contributed by atoms with van der Waals surface area (Å²) in [5.41, 5.74) is 0.483. The summed E-state index contributed by atoms with van der Waals surface area (Å²) in [6.45, 7) is 13.6. The van der Waals surface area contributed by atoms with E-state index >= 15 is 0 Å². The van der Waals surface area contributed by atoms with Crippen molar-refractivity contribution in [3.63, 3.8) is 0 Å². The van der Waals surface area contributed by atoms with Crippen molar-refractivity contribution in [2.45, 2.75) is 48.0 Å². The quantitative estimate of drug-likeness (QED) is 0.550. The lowest BCUT2D eigenvalue weighted by Gasteiger charge is -2.25. The molecule has 0 aromatic heterocycles. The van der Waals surface area contributed by atoms with E-state index in [0.29, 0.717) is 5.41 Å². The van der Waals surface area contributed by atoms with Gasteiger partial charge in [0.1, 0.15) is 0 Å². The van der Waals surface area contributed by atoms with Gasteiger partial charge in [0.2, 0.25) is 0 Å². The Morgan fingerprint density at radius 2 is 1.60 bits per heavy atom. The van der Waals surface area contributed by atoms with Gasteiger partial charge in [-0.3, -0.25) is 0 Å². The first-order valence-corrected chi connectivity index (χ1v) is 4.13. The van der Waals surface area contributed by atoms with Crippen molar-refractivity contribution < 1.29 is 0 Å². The van der Waals surface area contributed by atoms with Gasteiger partial charge >= 0.3 is 0 Å². The van der Waals surface area contributed by atoms with Crippen LogP contribution >= 0.6 is 0 Å². The third-order valence-corrected chi connectivity index (χ3v) is 1.90. The fourth-order valence-corrected chi connectivity index (χ4v) is 1.12. The zero-order chi connectivity index (χ0) is 8.36. The molecule has 0 amide bonds. The predicted octanol–water partition coefficient (Wildman–Crippen LogP) is 3.67. The van der Waals surface area contributed by atoms with Crippen LogP contribution in [-0.2, 0) is 0 Å². The van der Waals surface area contributed by atoms with Crippen molar-refractivity contribution in [3.05, 3.63) is 5.92 Å². The maximum Gasteiger partial charge on any atom is -0.0275 e. The third kappa shape index (κ3) is 4.84. The summed E-state index contributed by atoms with van der Waals surface area (Å²) >= 11 is 0. The van der Waals surface area contributed by atoms with E-state index in [0.717, 1.165) is 5.92 Å². The fourth-order valence-electron chi connectivity index (χ4n) is 1.12.